The molecule has 6 heteroatoms. The molecule has 0 spiro atoms. The fourth-order valence-corrected chi connectivity index (χ4v) is 4.02. The van der Waals surface area contributed by atoms with Gasteiger partial charge in [-0.05, 0) is 73.7 Å². The first-order valence-corrected chi connectivity index (χ1v) is 10.2. The number of amides is 1. The Morgan fingerprint density at radius 3 is 2.57 bits per heavy atom. The summed E-state index contributed by atoms with van der Waals surface area (Å²) in [5.41, 5.74) is 7.23. The van der Waals surface area contributed by atoms with Crippen LogP contribution in [0.25, 0.3) is 11.4 Å². The smallest absolute Gasteiger partial charge is 0.251 e. The van der Waals surface area contributed by atoms with Gasteiger partial charge in [0, 0.05) is 17.5 Å². The molecule has 2 heterocycles. The van der Waals surface area contributed by atoms with E-state index in [1.807, 2.05) is 66.5 Å². The first-order valence-electron chi connectivity index (χ1n) is 10.2. The summed E-state index contributed by atoms with van der Waals surface area (Å²) >= 11 is 0. The van der Waals surface area contributed by atoms with Crippen LogP contribution in [0.3, 0.4) is 0 Å². The molecule has 2 aromatic heterocycles. The highest BCUT2D eigenvalue weighted by atomic mass is 16.1. The molecule has 1 amide bonds. The number of fused-ring (bicyclic) bond motifs is 1. The zero-order valence-electron chi connectivity index (χ0n) is 16.9. The molecule has 2 aromatic carbocycles. The number of aryl methyl sites for hydroxylation is 1. The molecule has 30 heavy (non-hydrogen) atoms. The van der Waals surface area contributed by atoms with Gasteiger partial charge in [-0.3, -0.25) is 4.79 Å². The summed E-state index contributed by atoms with van der Waals surface area (Å²) in [4.78, 5) is 12.7. The average molecular weight is 397 g/mol. The third-order valence-corrected chi connectivity index (χ3v) is 5.54. The van der Waals surface area contributed by atoms with Crippen LogP contribution in [0.15, 0.2) is 67.0 Å². The van der Waals surface area contributed by atoms with Crippen LogP contribution >= 0.6 is 0 Å². The van der Waals surface area contributed by atoms with Crippen molar-refractivity contribution in [3.63, 3.8) is 0 Å². The summed E-state index contributed by atoms with van der Waals surface area (Å²) in [5, 5.41) is 12.2. The van der Waals surface area contributed by atoms with Gasteiger partial charge in [-0.15, -0.1) is 0 Å². The number of aromatic nitrogens is 4. The predicted octanol–water partition coefficient (Wildman–Crippen LogP) is 3.79. The molecule has 150 valence electrons. The number of rotatable bonds is 5. The molecule has 5 rings (SSSR count). The van der Waals surface area contributed by atoms with Gasteiger partial charge in [-0.25, -0.2) is 9.36 Å². The van der Waals surface area contributed by atoms with E-state index < -0.39 is 0 Å². The molecule has 0 aliphatic heterocycles. The number of nitrogens with zero attached hydrogens (tertiary/aromatic N) is 4. The van der Waals surface area contributed by atoms with Crippen LogP contribution in [0.2, 0.25) is 0 Å². The van der Waals surface area contributed by atoms with Crippen molar-refractivity contribution in [2.75, 3.05) is 0 Å². The summed E-state index contributed by atoms with van der Waals surface area (Å²) in [6.45, 7) is 2.43. The number of para-hydroxylation sites is 1. The van der Waals surface area contributed by atoms with Gasteiger partial charge in [0.15, 0.2) is 0 Å². The first kappa shape index (κ1) is 18.4. The molecule has 4 aromatic rings. The van der Waals surface area contributed by atoms with E-state index in [0.29, 0.717) is 12.1 Å². The van der Waals surface area contributed by atoms with E-state index in [0.717, 1.165) is 41.9 Å². The number of carbonyl (C=O) groups excluding carboxylic acids is 1. The lowest BCUT2D eigenvalue weighted by atomic mass is 10.1. The molecule has 0 saturated carbocycles. The molecule has 0 saturated heterocycles. The van der Waals surface area contributed by atoms with Crippen LogP contribution in [-0.2, 0) is 19.4 Å². The Morgan fingerprint density at radius 1 is 1.03 bits per heavy atom. The Bertz CT molecular complexity index is 1190. The van der Waals surface area contributed by atoms with Gasteiger partial charge in [-0.1, -0.05) is 18.2 Å². The Balaban J connectivity index is 1.31. The maximum absolute atomic E-state index is 12.7. The van der Waals surface area contributed by atoms with Crippen LogP contribution in [-0.4, -0.2) is 25.5 Å². The molecule has 0 radical (unpaired) electrons. The first-order chi connectivity index (χ1) is 14.7. The van der Waals surface area contributed by atoms with Crippen LogP contribution < -0.4 is 5.32 Å². The van der Waals surface area contributed by atoms with Crippen molar-refractivity contribution in [2.45, 2.75) is 32.7 Å². The van der Waals surface area contributed by atoms with E-state index in [4.69, 9.17) is 5.10 Å². The topological polar surface area (TPSA) is 64.7 Å². The molecule has 1 aliphatic carbocycles. The molecule has 0 fully saturated rings. The minimum atomic E-state index is -0.0980. The highest BCUT2D eigenvalue weighted by molar-refractivity contribution is 5.94. The summed E-state index contributed by atoms with van der Waals surface area (Å²) in [5.74, 6) is -0.0980. The largest absolute Gasteiger partial charge is 0.346 e. The second-order valence-electron chi connectivity index (χ2n) is 7.66. The van der Waals surface area contributed by atoms with Crippen molar-refractivity contribution < 1.29 is 4.79 Å². The maximum atomic E-state index is 12.7. The minimum absolute atomic E-state index is 0.0980. The highest BCUT2D eigenvalue weighted by Crippen LogP contribution is 2.27. The third kappa shape index (κ3) is 3.41. The minimum Gasteiger partial charge on any atom is -0.346 e. The van der Waals surface area contributed by atoms with Crippen molar-refractivity contribution >= 4 is 5.91 Å². The van der Waals surface area contributed by atoms with E-state index in [-0.39, 0.29) is 5.91 Å². The van der Waals surface area contributed by atoms with E-state index in [1.165, 1.54) is 11.3 Å². The molecule has 0 unspecified atom stereocenters. The molecule has 1 N–H and O–H groups in total. The summed E-state index contributed by atoms with van der Waals surface area (Å²) in [7, 11) is 0. The van der Waals surface area contributed by atoms with Crippen molar-refractivity contribution in [1.29, 1.82) is 0 Å². The van der Waals surface area contributed by atoms with Gasteiger partial charge >= 0.3 is 0 Å². The second-order valence-corrected chi connectivity index (χ2v) is 7.66. The SMILES string of the molecule is Cc1cnn(-c2ccc(C(=O)NCc3nn(-c4ccccc4)c4c3CCC4)cc2)c1. The van der Waals surface area contributed by atoms with E-state index in [1.54, 1.807) is 4.68 Å². The zero-order valence-corrected chi connectivity index (χ0v) is 16.9. The number of benzene rings is 2. The Hall–Kier alpha value is -3.67. The van der Waals surface area contributed by atoms with Crippen LogP contribution in [0.1, 0.15) is 39.3 Å². The van der Waals surface area contributed by atoms with Gasteiger partial charge in [0.1, 0.15) is 0 Å². The third-order valence-electron chi connectivity index (χ3n) is 5.54. The fraction of sp³-hybridized carbons (Fsp3) is 0.208. The number of carbonyl (C=O) groups is 1. The van der Waals surface area contributed by atoms with Crippen molar-refractivity contribution in [2.24, 2.45) is 0 Å². The van der Waals surface area contributed by atoms with Crippen molar-refractivity contribution in [3.05, 3.63) is 95.1 Å². The standard InChI is InChI=1S/C24H23N5O/c1-17-14-26-28(16-17)19-12-10-18(11-13-19)24(30)25-15-22-21-8-5-9-23(21)29(27-22)20-6-3-2-4-7-20/h2-4,6-7,10-14,16H,5,8-9,15H2,1H3,(H,25,30). The van der Waals surface area contributed by atoms with Crippen LogP contribution in [0, 0.1) is 6.92 Å². The molecule has 0 bridgehead atoms. The summed E-state index contributed by atoms with van der Waals surface area (Å²) < 4.78 is 3.83. The van der Waals surface area contributed by atoms with E-state index in [9.17, 15) is 4.79 Å². The number of hydrogen-bond donors (Lipinski definition) is 1. The quantitative estimate of drug-likeness (QED) is 0.557. The Kier molecular flexibility index (Phi) is 4.67. The van der Waals surface area contributed by atoms with Crippen molar-refractivity contribution in [3.8, 4) is 11.4 Å². The maximum Gasteiger partial charge on any atom is 0.251 e. The lowest BCUT2D eigenvalue weighted by Gasteiger charge is -2.07. The summed E-state index contributed by atoms with van der Waals surface area (Å²) in [6.07, 6.45) is 6.95. The van der Waals surface area contributed by atoms with Crippen LogP contribution in [0.4, 0.5) is 0 Å². The Morgan fingerprint density at radius 2 is 1.83 bits per heavy atom. The molecule has 1 aliphatic rings. The second kappa shape index (κ2) is 7.63. The predicted molar refractivity (Wildman–Crippen MR) is 115 cm³/mol. The van der Waals surface area contributed by atoms with Gasteiger partial charge in [-0.2, -0.15) is 10.2 Å². The monoisotopic (exact) mass is 397 g/mol. The number of hydrogen-bond acceptors (Lipinski definition) is 3. The average Bonchev–Trinajstić information content (AvgIpc) is 3.50. The van der Waals surface area contributed by atoms with Gasteiger partial charge in [0.25, 0.3) is 5.91 Å². The van der Waals surface area contributed by atoms with Crippen molar-refractivity contribution in [1.82, 2.24) is 24.9 Å². The van der Waals surface area contributed by atoms with Gasteiger partial charge in [0.2, 0.25) is 0 Å². The van der Waals surface area contributed by atoms with Crippen LogP contribution in [0.5, 0.6) is 0 Å². The summed E-state index contributed by atoms with van der Waals surface area (Å²) in [6, 6.07) is 17.7. The molecule has 0 atom stereocenters. The molecular weight excluding hydrogens is 374 g/mol. The normalized spacial score (nSPS) is 12.7. The van der Waals surface area contributed by atoms with E-state index >= 15 is 0 Å². The lowest BCUT2D eigenvalue weighted by Crippen LogP contribution is -2.23. The molecular formula is C24H23N5O. The zero-order chi connectivity index (χ0) is 20.5. The van der Waals surface area contributed by atoms with E-state index in [2.05, 4.69) is 22.5 Å². The number of nitrogens with one attached hydrogen (secondary N) is 1. The van der Waals surface area contributed by atoms with Gasteiger partial charge in [0.05, 0.1) is 29.8 Å². The Labute approximate surface area is 175 Å². The molecule has 6 nitrogen and oxygen atoms in total. The highest BCUT2D eigenvalue weighted by Gasteiger charge is 2.23. The fourth-order valence-electron chi connectivity index (χ4n) is 4.02. The lowest BCUT2D eigenvalue weighted by molar-refractivity contribution is 0.0950. The van der Waals surface area contributed by atoms with Gasteiger partial charge < -0.3 is 5.32 Å².